The summed E-state index contributed by atoms with van der Waals surface area (Å²) >= 11 is 0. The predicted octanol–water partition coefficient (Wildman–Crippen LogP) is 1.86. The number of ether oxygens (including phenoxy) is 1. The number of ketones is 1. The van der Waals surface area contributed by atoms with E-state index < -0.39 is 29.7 Å². The van der Waals surface area contributed by atoms with Crippen molar-refractivity contribution in [3.63, 3.8) is 0 Å². The van der Waals surface area contributed by atoms with E-state index in [1.54, 1.807) is 6.08 Å². The largest absolute Gasteiger partial charge is 0.393 e. The van der Waals surface area contributed by atoms with Gasteiger partial charge in [-0.05, 0) is 12.5 Å². The van der Waals surface area contributed by atoms with Gasteiger partial charge in [0.15, 0.2) is 0 Å². The van der Waals surface area contributed by atoms with Crippen LogP contribution in [-0.2, 0) is 19.1 Å². The summed E-state index contributed by atoms with van der Waals surface area (Å²) in [6, 6.07) is 9.49. The zero-order valence-electron chi connectivity index (χ0n) is 11.0. The molecule has 0 spiro atoms. The van der Waals surface area contributed by atoms with Crippen LogP contribution < -0.4 is 0 Å². The number of benzene rings is 1. The maximum absolute atomic E-state index is 12.0. The third-order valence-corrected chi connectivity index (χ3v) is 4.09. The molecule has 2 aliphatic rings. The molecule has 0 N–H and O–H groups in total. The van der Waals surface area contributed by atoms with Gasteiger partial charge < -0.3 is 4.74 Å². The summed E-state index contributed by atoms with van der Waals surface area (Å²) in [5.41, 5.74) is 0.951. The number of Topliss-reactive ketones (excluding diaryl/α,β-unsaturated/α-hetero) is 1. The minimum atomic E-state index is -0.685. The number of allylic oxidation sites excluding steroid dienone is 2. The van der Waals surface area contributed by atoms with Gasteiger partial charge in [-0.3, -0.25) is 14.4 Å². The SMILES string of the molecule is CC(=O)[C@@H]1C=C[C@H](c2ccccc2)[C@H]2C(=O)OC(=O)[C@@H]21. The number of carbonyl (C=O) groups excluding carboxylic acids is 3. The molecule has 0 radical (unpaired) electrons. The first-order chi connectivity index (χ1) is 9.59. The van der Waals surface area contributed by atoms with Gasteiger partial charge in [0.1, 0.15) is 5.78 Å². The number of hydrogen-bond donors (Lipinski definition) is 0. The van der Waals surface area contributed by atoms with Crippen LogP contribution in [0.5, 0.6) is 0 Å². The molecule has 1 heterocycles. The van der Waals surface area contributed by atoms with Crippen molar-refractivity contribution >= 4 is 17.7 Å². The molecule has 0 amide bonds. The Morgan fingerprint density at radius 2 is 1.65 bits per heavy atom. The summed E-state index contributed by atoms with van der Waals surface area (Å²) in [7, 11) is 0. The van der Waals surface area contributed by atoms with E-state index in [1.807, 2.05) is 36.4 Å². The lowest BCUT2D eigenvalue weighted by molar-refractivity contribution is -0.154. The van der Waals surface area contributed by atoms with Crippen molar-refractivity contribution < 1.29 is 19.1 Å². The molecule has 3 rings (SSSR count). The molecule has 4 nitrogen and oxygen atoms in total. The number of carbonyl (C=O) groups is 3. The molecule has 1 aliphatic heterocycles. The zero-order valence-corrected chi connectivity index (χ0v) is 11.0. The number of fused-ring (bicyclic) bond motifs is 1. The van der Waals surface area contributed by atoms with E-state index in [0.717, 1.165) is 5.56 Å². The van der Waals surface area contributed by atoms with Gasteiger partial charge in [0, 0.05) is 11.8 Å². The highest BCUT2D eigenvalue weighted by Crippen LogP contribution is 2.45. The van der Waals surface area contributed by atoms with Gasteiger partial charge >= 0.3 is 11.9 Å². The minimum Gasteiger partial charge on any atom is -0.393 e. The quantitative estimate of drug-likeness (QED) is 0.467. The standard InChI is InChI=1S/C16H14O4/c1-9(17)11-7-8-12(10-5-3-2-4-6-10)14-13(11)15(18)20-16(14)19/h2-8,11-14H,1H3/t11-,12+,13+,14+/m0/s1. The summed E-state index contributed by atoms with van der Waals surface area (Å²) in [4.78, 5) is 35.5. The molecular formula is C16H14O4. The van der Waals surface area contributed by atoms with Gasteiger partial charge in [-0.15, -0.1) is 0 Å². The molecule has 20 heavy (non-hydrogen) atoms. The van der Waals surface area contributed by atoms with E-state index in [9.17, 15) is 14.4 Å². The fourth-order valence-corrected chi connectivity index (χ4v) is 3.13. The van der Waals surface area contributed by atoms with Crippen molar-refractivity contribution in [1.82, 2.24) is 0 Å². The normalized spacial score (nSPS) is 31.9. The van der Waals surface area contributed by atoms with Crippen LogP contribution in [0.4, 0.5) is 0 Å². The monoisotopic (exact) mass is 270 g/mol. The lowest BCUT2D eigenvalue weighted by Crippen LogP contribution is -2.35. The molecule has 0 aromatic heterocycles. The summed E-state index contributed by atoms with van der Waals surface area (Å²) in [5.74, 6) is -3.27. The molecule has 0 saturated carbocycles. The van der Waals surface area contributed by atoms with Gasteiger partial charge in [0.2, 0.25) is 0 Å². The van der Waals surface area contributed by atoms with Crippen molar-refractivity contribution in [3.8, 4) is 0 Å². The smallest absolute Gasteiger partial charge is 0.318 e. The molecule has 1 fully saturated rings. The second-order valence-electron chi connectivity index (χ2n) is 5.25. The summed E-state index contributed by atoms with van der Waals surface area (Å²) in [6.45, 7) is 1.44. The number of rotatable bonds is 2. The maximum atomic E-state index is 12.0. The number of cyclic esters (lactones) is 2. The van der Waals surface area contributed by atoms with Crippen LogP contribution >= 0.6 is 0 Å². The molecular weight excluding hydrogens is 256 g/mol. The lowest BCUT2D eigenvalue weighted by atomic mass is 9.68. The molecule has 4 atom stereocenters. The number of hydrogen-bond acceptors (Lipinski definition) is 4. The van der Waals surface area contributed by atoms with Crippen molar-refractivity contribution in [2.75, 3.05) is 0 Å². The molecule has 0 bridgehead atoms. The average Bonchev–Trinajstić information content (AvgIpc) is 2.75. The molecule has 1 aromatic carbocycles. The Labute approximate surface area is 116 Å². The predicted molar refractivity (Wildman–Crippen MR) is 70.6 cm³/mol. The molecule has 102 valence electrons. The van der Waals surface area contributed by atoms with Crippen LogP contribution in [-0.4, -0.2) is 17.7 Å². The fourth-order valence-electron chi connectivity index (χ4n) is 3.13. The van der Waals surface area contributed by atoms with Crippen LogP contribution in [0.15, 0.2) is 42.5 Å². The van der Waals surface area contributed by atoms with Crippen molar-refractivity contribution in [1.29, 1.82) is 0 Å². The first-order valence-corrected chi connectivity index (χ1v) is 6.59. The minimum absolute atomic E-state index is 0.116. The van der Waals surface area contributed by atoms with Crippen molar-refractivity contribution in [2.45, 2.75) is 12.8 Å². The van der Waals surface area contributed by atoms with Gasteiger partial charge in [-0.25, -0.2) is 0 Å². The van der Waals surface area contributed by atoms with Gasteiger partial charge in [-0.1, -0.05) is 42.5 Å². The summed E-state index contributed by atoms with van der Waals surface area (Å²) < 4.78 is 4.77. The Hall–Kier alpha value is -2.23. The Morgan fingerprint density at radius 1 is 1.00 bits per heavy atom. The van der Waals surface area contributed by atoms with Gasteiger partial charge in [0.05, 0.1) is 11.8 Å². The Bertz CT molecular complexity index is 602. The topological polar surface area (TPSA) is 60.4 Å². The van der Waals surface area contributed by atoms with E-state index in [-0.39, 0.29) is 11.7 Å². The molecule has 0 unspecified atom stereocenters. The lowest BCUT2D eigenvalue weighted by Gasteiger charge is -2.29. The van der Waals surface area contributed by atoms with E-state index in [0.29, 0.717) is 0 Å². The van der Waals surface area contributed by atoms with Crippen LogP contribution in [0.25, 0.3) is 0 Å². The number of esters is 2. The molecule has 4 heteroatoms. The maximum Gasteiger partial charge on any atom is 0.318 e. The highest BCUT2D eigenvalue weighted by atomic mass is 16.6. The average molecular weight is 270 g/mol. The summed E-state index contributed by atoms with van der Waals surface area (Å²) in [5, 5.41) is 0. The van der Waals surface area contributed by atoms with Crippen molar-refractivity contribution in [2.24, 2.45) is 17.8 Å². The highest BCUT2D eigenvalue weighted by Gasteiger charge is 2.53. The van der Waals surface area contributed by atoms with Crippen molar-refractivity contribution in [3.05, 3.63) is 48.0 Å². The van der Waals surface area contributed by atoms with E-state index >= 15 is 0 Å². The molecule has 1 aromatic rings. The zero-order chi connectivity index (χ0) is 14.3. The fraction of sp³-hybridized carbons (Fsp3) is 0.312. The van der Waals surface area contributed by atoms with Crippen LogP contribution in [0, 0.1) is 17.8 Å². The van der Waals surface area contributed by atoms with E-state index in [1.165, 1.54) is 6.92 Å². The summed E-state index contributed by atoms with van der Waals surface area (Å²) in [6.07, 6.45) is 3.59. The van der Waals surface area contributed by atoms with Crippen LogP contribution in [0.3, 0.4) is 0 Å². The van der Waals surface area contributed by atoms with Crippen LogP contribution in [0.1, 0.15) is 18.4 Å². The third kappa shape index (κ3) is 1.88. The van der Waals surface area contributed by atoms with E-state index in [2.05, 4.69) is 0 Å². The first-order valence-electron chi connectivity index (χ1n) is 6.59. The van der Waals surface area contributed by atoms with Gasteiger partial charge in [0.25, 0.3) is 0 Å². The Kier molecular flexibility index (Phi) is 3.01. The van der Waals surface area contributed by atoms with Gasteiger partial charge in [-0.2, -0.15) is 0 Å². The van der Waals surface area contributed by atoms with E-state index in [4.69, 9.17) is 4.74 Å². The third-order valence-electron chi connectivity index (χ3n) is 4.09. The Morgan fingerprint density at radius 3 is 2.30 bits per heavy atom. The second kappa shape index (κ2) is 4.71. The van der Waals surface area contributed by atoms with Crippen LogP contribution in [0.2, 0.25) is 0 Å². The second-order valence-corrected chi connectivity index (χ2v) is 5.25. The Balaban J connectivity index is 2.06. The highest BCUT2D eigenvalue weighted by molar-refractivity contribution is 6.01. The first kappa shape index (κ1) is 12.8. The molecule has 1 saturated heterocycles. The molecule has 1 aliphatic carbocycles.